The van der Waals surface area contributed by atoms with Crippen LogP contribution in [-0.2, 0) is 9.53 Å². The summed E-state index contributed by atoms with van der Waals surface area (Å²) in [6, 6.07) is 0. The van der Waals surface area contributed by atoms with Gasteiger partial charge in [0, 0.05) is 19.2 Å². The molecule has 0 heterocycles. The van der Waals surface area contributed by atoms with Gasteiger partial charge >= 0.3 is 51.4 Å². The van der Waals surface area contributed by atoms with E-state index in [1.165, 1.54) is 173 Å². The van der Waals surface area contributed by atoms with E-state index >= 15 is 0 Å². The normalized spacial score (nSPS) is 10.7. The first kappa shape index (κ1) is 45.5. The molecule has 0 N–H and O–H groups in total. The summed E-state index contributed by atoms with van der Waals surface area (Å²) >= 11 is 0. The van der Waals surface area contributed by atoms with E-state index < -0.39 is 5.97 Å². The molecule has 0 aliphatic carbocycles. The Morgan fingerprint density at radius 2 is 0.625 bits per heavy atom. The average molecular weight is 593 g/mol. The van der Waals surface area contributed by atoms with E-state index in [0.717, 1.165) is 26.1 Å². The molecule has 0 aliphatic heterocycles. The van der Waals surface area contributed by atoms with E-state index in [2.05, 4.69) is 20.8 Å². The van der Waals surface area contributed by atoms with Gasteiger partial charge in [-0.2, -0.15) is 0 Å². The second-order valence-corrected chi connectivity index (χ2v) is 11.9. The van der Waals surface area contributed by atoms with E-state index in [4.69, 9.17) is 4.74 Å². The fraction of sp³-hybridized carbons (Fsp3) is 0.972. The third-order valence-corrected chi connectivity index (χ3v) is 7.77. The molecule has 3 nitrogen and oxygen atoms in total. The largest absolute Gasteiger partial charge is 1.00 e. The van der Waals surface area contributed by atoms with Crippen molar-refractivity contribution in [2.45, 2.75) is 213 Å². The summed E-state index contributed by atoms with van der Waals surface area (Å²) in [4.78, 5) is 10.1. The van der Waals surface area contributed by atoms with Gasteiger partial charge in [0.2, 0.25) is 0 Å². The standard InChI is InChI=1S/C24H50O.C12H24O2.K/c1-3-5-7-9-11-13-15-17-19-21-23-25-24-22-20-18-16-14-12-10-8-6-4-2;1-2-3-4-5-6-7-8-9-10-11-12(13)14;/h3-24H2,1-2H3;2-11H2,1H3,(H,13,14);/q;;+1/p-1. The van der Waals surface area contributed by atoms with E-state index in [1.807, 2.05) is 0 Å². The van der Waals surface area contributed by atoms with Crippen molar-refractivity contribution in [1.82, 2.24) is 0 Å². The van der Waals surface area contributed by atoms with Crippen molar-refractivity contribution in [2.24, 2.45) is 0 Å². The van der Waals surface area contributed by atoms with Gasteiger partial charge in [0.15, 0.2) is 0 Å². The number of aliphatic carboxylic acids is 1. The third-order valence-electron chi connectivity index (χ3n) is 7.77. The van der Waals surface area contributed by atoms with Crippen LogP contribution in [0.15, 0.2) is 0 Å². The van der Waals surface area contributed by atoms with Gasteiger partial charge in [-0.3, -0.25) is 0 Å². The maximum absolute atomic E-state index is 10.1. The monoisotopic (exact) mass is 593 g/mol. The van der Waals surface area contributed by atoms with E-state index in [-0.39, 0.29) is 57.8 Å². The maximum Gasteiger partial charge on any atom is 1.00 e. The number of carboxylic acids is 1. The Balaban J connectivity index is -0.000000777. The SMILES string of the molecule is CCCCCCCCCCCC(=O)[O-].CCCCCCCCCCCCOCCCCCCCCCCCC.[K+]. The number of hydrogen-bond donors (Lipinski definition) is 0. The maximum atomic E-state index is 10.1. The predicted octanol–water partition coefficient (Wildman–Crippen LogP) is 8.51. The molecule has 0 saturated heterocycles. The van der Waals surface area contributed by atoms with Crippen molar-refractivity contribution in [3.8, 4) is 0 Å². The molecular formula is C36H73KO3. The summed E-state index contributed by atoms with van der Waals surface area (Å²) in [7, 11) is 0. The number of carboxylic acid groups (broad SMARTS) is 1. The smallest absolute Gasteiger partial charge is 0.550 e. The van der Waals surface area contributed by atoms with Crippen molar-refractivity contribution in [3.05, 3.63) is 0 Å². The molecule has 0 radical (unpaired) electrons. The Bertz CT molecular complexity index is 408. The summed E-state index contributed by atoms with van der Waals surface area (Å²) < 4.78 is 5.78. The molecule has 0 aromatic carbocycles. The van der Waals surface area contributed by atoms with Gasteiger partial charge in [0.25, 0.3) is 0 Å². The van der Waals surface area contributed by atoms with E-state index in [9.17, 15) is 9.90 Å². The van der Waals surface area contributed by atoms with Gasteiger partial charge in [-0.25, -0.2) is 0 Å². The Labute approximate surface area is 296 Å². The molecule has 0 atom stereocenters. The number of ether oxygens (including phenoxy) is 1. The van der Waals surface area contributed by atoms with Gasteiger partial charge in [-0.1, -0.05) is 188 Å². The van der Waals surface area contributed by atoms with Crippen LogP contribution in [-0.4, -0.2) is 19.2 Å². The molecule has 0 aliphatic rings. The van der Waals surface area contributed by atoms with Crippen LogP contribution in [0.25, 0.3) is 0 Å². The van der Waals surface area contributed by atoms with Gasteiger partial charge in [0.05, 0.1) is 0 Å². The molecule has 0 amide bonds. The van der Waals surface area contributed by atoms with Gasteiger partial charge < -0.3 is 14.6 Å². The molecular weight excluding hydrogens is 519 g/mol. The molecule has 0 saturated carbocycles. The second-order valence-electron chi connectivity index (χ2n) is 11.9. The minimum atomic E-state index is -0.909. The summed E-state index contributed by atoms with van der Waals surface area (Å²) in [6.45, 7) is 8.79. The van der Waals surface area contributed by atoms with Crippen LogP contribution in [0, 0.1) is 0 Å². The average Bonchev–Trinajstić information content (AvgIpc) is 2.93. The van der Waals surface area contributed by atoms with E-state index in [0.29, 0.717) is 0 Å². The summed E-state index contributed by atoms with van der Waals surface area (Å²) in [5.41, 5.74) is 0. The first-order valence-corrected chi connectivity index (χ1v) is 18.0. The number of unbranched alkanes of at least 4 members (excludes halogenated alkanes) is 26. The van der Waals surface area contributed by atoms with Crippen molar-refractivity contribution < 1.29 is 66.0 Å². The summed E-state index contributed by atoms with van der Waals surface area (Å²) in [6.07, 6.45) is 39.3. The van der Waals surface area contributed by atoms with Crippen molar-refractivity contribution in [1.29, 1.82) is 0 Å². The Morgan fingerprint density at radius 3 is 0.875 bits per heavy atom. The zero-order chi connectivity index (χ0) is 28.9. The summed E-state index contributed by atoms with van der Waals surface area (Å²) in [5.74, 6) is -0.909. The fourth-order valence-corrected chi connectivity index (χ4v) is 5.07. The third kappa shape index (κ3) is 48.8. The molecule has 0 rings (SSSR count). The van der Waals surface area contributed by atoms with Crippen LogP contribution in [0.3, 0.4) is 0 Å². The van der Waals surface area contributed by atoms with Crippen molar-refractivity contribution in [2.75, 3.05) is 13.2 Å². The minimum absolute atomic E-state index is 0. The zero-order valence-corrected chi connectivity index (χ0v) is 31.5. The van der Waals surface area contributed by atoms with Crippen molar-refractivity contribution >= 4 is 5.97 Å². The molecule has 0 fully saturated rings. The van der Waals surface area contributed by atoms with Gasteiger partial charge in [0.1, 0.15) is 0 Å². The molecule has 0 aromatic rings. The minimum Gasteiger partial charge on any atom is -0.550 e. The Morgan fingerprint density at radius 1 is 0.400 bits per heavy atom. The van der Waals surface area contributed by atoms with Crippen molar-refractivity contribution in [3.63, 3.8) is 0 Å². The molecule has 0 bridgehead atoms. The molecule has 0 unspecified atom stereocenters. The second kappa shape index (κ2) is 44.5. The van der Waals surface area contributed by atoms with Gasteiger partial charge in [-0.05, 0) is 25.7 Å². The first-order valence-electron chi connectivity index (χ1n) is 18.0. The molecule has 40 heavy (non-hydrogen) atoms. The first-order chi connectivity index (χ1) is 19.2. The summed E-state index contributed by atoms with van der Waals surface area (Å²) in [5, 5.41) is 10.1. The van der Waals surface area contributed by atoms with Crippen LogP contribution in [0.2, 0.25) is 0 Å². The molecule has 0 aromatic heterocycles. The molecule has 0 spiro atoms. The quantitative estimate of drug-likeness (QED) is 0.0581. The Hall–Kier alpha value is 1.07. The number of carbonyl (C=O) groups excluding carboxylic acids is 1. The fourth-order valence-electron chi connectivity index (χ4n) is 5.07. The number of carbonyl (C=O) groups is 1. The Kier molecular flexibility index (Phi) is 50.6. The van der Waals surface area contributed by atoms with Gasteiger partial charge in [-0.15, -0.1) is 0 Å². The predicted molar refractivity (Wildman–Crippen MR) is 171 cm³/mol. The van der Waals surface area contributed by atoms with E-state index in [1.54, 1.807) is 0 Å². The number of rotatable bonds is 32. The topological polar surface area (TPSA) is 49.4 Å². The van der Waals surface area contributed by atoms with Crippen LogP contribution in [0.5, 0.6) is 0 Å². The van der Waals surface area contributed by atoms with Crippen LogP contribution in [0.1, 0.15) is 213 Å². The molecule has 236 valence electrons. The molecule has 4 heteroatoms. The number of hydrogen-bond acceptors (Lipinski definition) is 3. The van der Waals surface area contributed by atoms with Crippen LogP contribution in [0.4, 0.5) is 0 Å². The van der Waals surface area contributed by atoms with Crippen LogP contribution >= 0.6 is 0 Å². The van der Waals surface area contributed by atoms with Crippen LogP contribution < -0.4 is 56.5 Å². The zero-order valence-electron chi connectivity index (χ0n) is 28.4.